The van der Waals surface area contributed by atoms with Gasteiger partial charge in [0.2, 0.25) is 16.9 Å². The van der Waals surface area contributed by atoms with Gasteiger partial charge < -0.3 is 9.15 Å². The second-order valence-corrected chi connectivity index (χ2v) is 8.73. The van der Waals surface area contributed by atoms with Crippen molar-refractivity contribution in [2.75, 3.05) is 5.75 Å². The van der Waals surface area contributed by atoms with Crippen LogP contribution in [-0.2, 0) is 22.9 Å². The van der Waals surface area contributed by atoms with Crippen LogP contribution in [0.3, 0.4) is 0 Å². The minimum Gasteiger partial charge on any atom is -0.481 e. The van der Waals surface area contributed by atoms with Gasteiger partial charge in [0, 0.05) is 17.5 Å². The topological polar surface area (TPSA) is 90.6 Å². The van der Waals surface area contributed by atoms with Crippen LogP contribution < -0.4 is 10.2 Å². The van der Waals surface area contributed by atoms with Gasteiger partial charge in [-0.3, -0.25) is 9.59 Å². The lowest BCUT2D eigenvalue weighted by molar-refractivity contribution is 0.108. The summed E-state index contributed by atoms with van der Waals surface area (Å²) in [5.41, 5.74) is 0.273. The summed E-state index contributed by atoms with van der Waals surface area (Å²) in [6.45, 7) is 0.0940. The van der Waals surface area contributed by atoms with Gasteiger partial charge in [-0.15, -0.1) is 0 Å². The Morgan fingerprint density at radius 1 is 1.03 bits per heavy atom. The summed E-state index contributed by atoms with van der Waals surface area (Å²) >= 11 is 5.78. The lowest BCUT2D eigenvalue weighted by Crippen LogP contribution is -2.14. The number of hydrogen-bond donors (Lipinski definition) is 0. The van der Waals surface area contributed by atoms with Crippen molar-refractivity contribution in [1.82, 2.24) is 0 Å². The van der Waals surface area contributed by atoms with E-state index < -0.39 is 15.3 Å². The third-order valence-electron chi connectivity index (χ3n) is 4.10. The van der Waals surface area contributed by atoms with E-state index >= 15 is 0 Å². The van der Waals surface area contributed by atoms with Gasteiger partial charge in [0.15, 0.2) is 16.1 Å². The fourth-order valence-corrected chi connectivity index (χ4v) is 4.00. The lowest BCUT2D eigenvalue weighted by Gasteiger charge is -2.09. The largest absolute Gasteiger partial charge is 0.481 e. The van der Waals surface area contributed by atoms with Crippen LogP contribution in [-0.4, -0.2) is 20.5 Å². The highest BCUT2D eigenvalue weighted by molar-refractivity contribution is 7.91. The lowest BCUT2D eigenvalue weighted by atomic mass is 10.2. The molecule has 0 bridgehead atoms. The van der Waals surface area contributed by atoms with Gasteiger partial charge in [-0.2, -0.15) is 0 Å². The number of rotatable bonds is 8. The Labute approximate surface area is 172 Å². The summed E-state index contributed by atoms with van der Waals surface area (Å²) < 4.78 is 35.7. The minimum absolute atomic E-state index is 0.0694. The first-order valence-corrected chi connectivity index (χ1v) is 10.7. The summed E-state index contributed by atoms with van der Waals surface area (Å²) in [5, 5.41) is 0.427. The molecule has 0 aliphatic rings. The van der Waals surface area contributed by atoms with Crippen LogP contribution in [0.25, 0.3) is 0 Å². The van der Waals surface area contributed by atoms with E-state index in [4.69, 9.17) is 20.8 Å². The fourth-order valence-electron chi connectivity index (χ4n) is 2.62. The summed E-state index contributed by atoms with van der Waals surface area (Å²) in [7, 11) is -3.60. The Bertz CT molecular complexity index is 1150. The first-order chi connectivity index (χ1) is 13.9. The number of benzene rings is 2. The molecule has 0 N–H and O–H groups in total. The first kappa shape index (κ1) is 20.8. The highest BCUT2D eigenvalue weighted by atomic mass is 35.5. The third-order valence-corrected chi connectivity index (χ3v) is 6.09. The molecule has 2 aromatic carbocycles. The van der Waals surface area contributed by atoms with E-state index in [0.29, 0.717) is 11.3 Å². The smallest absolute Gasteiger partial charge is 0.227 e. The Morgan fingerprint density at radius 3 is 2.38 bits per heavy atom. The molecular weight excluding hydrogens is 416 g/mol. The summed E-state index contributed by atoms with van der Waals surface area (Å²) in [6, 6.07) is 16.1. The van der Waals surface area contributed by atoms with Crippen molar-refractivity contribution in [3.8, 4) is 5.75 Å². The molecule has 0 saturated heterocycles. The summed E-state index contributed by atoms with van der Waals surface area (Å²) in [4.78, 5) is 23.8. The zero-order valence-electron chi connectivity index (χ0n) is 15.2. The van der Waals surface area contributed by atoms with E-state index in [9.17, 15) is 18.0 Å². The minimum atomic E-state index is -3.60. The molecule has 1 heterocycles. The molecule has 0 saturated carbocycles. The van der Waals surface area contributed by atoms with Crippen molar-refractivity contribution in [2.45, 2.75) is 17.9 Å². The number of halogens is 1. The van der Waals surface area contributed by atoms with E-state index in [1.54, 1.807) is 0 Å². The monoisotopic (exact) mass is 432 g/mol. The van der Waals surface area contributed by atoms with Crippen molar-refractivity contribution in [2.24, 2.45) is 0 Å². The molecule has 0 atom stereocenters. The Morgan fingerprint density at radius 2 is 1.72 bits per heavy atom. The van der Waals surface area contributed by atoms with Crippen molar-refractivity contribution < 1.29 is 22.4 Å². The second-order valence-electron chi connectivity index (χ2n) is 6.19. The molecule has 0 spiro atoms. The molecule has 29 heavy (non-hydrogen) atoms. The normalized spacial score (nSPS) is 11.2. The number of hydrogen-bond acceptors (Lipinski definition) is 6. The van der Waals surface area contributed by atoms with E-state index in [2.05, 4.69) is 0 Å². The maximum atomic E-state index is 12.4. The van der Waals surface area contributed by atoms with Crippen molar-refractivity contribution in [1.29, 1.82) is 0 Å². The second kappa shape index (κ2) is 9.07. The number of aryl methyl sites for hydroxylation is 1. The zero-order valence-corrected chi connectivity index (χ0v) is 16.8. The van der Waals surface area contributed by atoms with Crippen LogP contribution in [0.4, 0.5) is 0 Å². The summed E-state index contributed by atoms with van der Waals surface area (Å²) in [6.07, 6.45) is 0.304. The third kappa shape index (κ3) is 5.34. The molecule has 0 aliphatic carbocycles. The highest BCUT2D eigenvalue weighted by Crippen LogP contribution is 2.19. The van der Waals surface area contributed by atoms with Crippen molar-refractivity contribution in [3.05, 3.63) is 93.0 Å². The standard InChI is InChI=1S/C21H17ClO6S/c22-16-6-8-18(9-7-16)29(25,26)11-10-17-12-19(24)21(20(13-23)28-17)27-14-15-4-2-1-3-5-15/h1-9,12-13H,10-11,14H2. The van der Waals surface area contributed by atoms with Gasteiger partial charge in [0.05, 0.1) is 10.6 Å². The number of carbonyl (C=O) groups is 1. The van der Waals surface area contributed by atoms with E-state index in [0.717, 1.165) is 11.6 Å². The number of ether oxygens (including phenoxy) is 1. The van der Waals surface area contributed by atoms with Crippen molar-refractivity contribution in [3.63, 3.8) is 0 Å². The van der Waals surface area contributed by atoms with Crippen LogP contribution in [0.1, 0.15) is 21.9 Å². The van der Waals surface area contributed by atoms with Gasteiger partial charge in [-0.25, -0.2) is 8.42 Å². The molecule has 0 unspecified atom stereocenters. The van der Waals surface area contributed by atoms with Crippen molar-refractivity contribution >= 4 is 27.7 Å². The van der Waals surface area contributed by atoms with E-state index in [1.165, 1.54) is 24.3 Å². The van der Waals surface area contributed by atoms with Crippen LogP contribution >= 0.6 is 11.6 Å². The van der Waals surface area contributed by atoms with E-state index in [-0.39, 0.29) is 40.9 Å². The average Bonchev–Trinajstić information content (AvgIpc) is 2.72. The molecule has 6 nitrogen and oxygen atoms in total. The zero-order chi connectivity index (χ0) is 20.9. The van der Waals surface area contributed by atoms with Crippen LogP contribution in [0.2, 0.25) is 5.02 Å². The highest BCUT2D eigenvalue weighted by Gasteiger charge is 2.18. The fraction of sp³-hybridized carbons (Fsp3) is 0.143. The molecule has 8 heteroatoms. The molecular formula is C21H17ClO6S. The van der Waals surface area contributed by atoms with E-state index in [1.807, 2.05) is 30.3 Å². The molecule has 1 aromatic heterocycles. The SMILES string of the molecule is O=Cc1oc(CCS(=O)(=O)c2ccc(Cl)cc2)cc(=O)c1OCc1ccccc1. The number of carbonyl (C=O) groups excluding carboxylic acids is 1. The Hall–Kier alpha value is -2.90. The Kier molecular flexibility index (Phi) is 6.51. The predicted octanol–water partition coefficient (Wildman–Crippen LogP) is 3.70. The van der Waals surface area contributed by atoms with Crippen LogP contribution in [0, 0.1) is 0 Å². The quantitative estimate of drug-likeness (QED) is 0.504. The maximum absolute atomic E-state index is 12.4. The molecule has 0 fully saturated rings. The summed E-state index contributed by atoms with van der Waals surface area (Å²) in [5.74, 6) is -0.678. The van der Waals surface area contributed by atoms with Crippen LogP contribution in [0.5, 0.6) is 5.75 Å². The van der Waals surface area contributed by atoms with Gasteiger partial charge in [-0.1, -0.05) is 41.9 Å². The number of aldehydes is 1. The van der Waals surface area contributed by atoms with Gasteiger partial charge in [0.1, 0.15) is 12.4 Å². The molecule has 0 amide bonds. The molecule has 150 valence electrons. The molecule has 0 aliphatic heterocycles. The van der Waals surface area contributed by atoms with Gasteiger partial charge in [-0.05, 0) is 29.8 Å². The van der Waals surface area contributed by atoms with Gasteiger partial charge >= 0.3 is 0 Å². The van der Waals surface area contributed by atoms with Gasteiger partial charge in [0.25, 0.3) is 0 Å². The average molecular weight is 433 g/mol. The molecule has 3 aromatic rings. The number of sulfone groups is 1. The van der Waals surface area contributed by atoms with Crippen LogP contribution in [0.15, 0.2) is 74.8 Å². The Balaban J connectivity index is 1.75. The first-order valence-electron chi connectivity index (χ1n) is 8.66. The maximum Gasteiger partial charge on any atom is 0.227 e. The molecule has 0 radical (unpaired) electrons. The molecule has 3 rings (SSSR count). The predicted molar refractivity (Wildman–Crippen MR) is 108 cm³/mol.